The van der Waals surface area contributed by atoms with Crippen molar-refractivity contribution in [3.05, 3.63) is 0 Å². The Morgan fingerprint density at radius 2 is 2.00 bits per heavy atom. The van der Waals surface area contributed by atoms with Crippen molar-refractivity contribution in [2.75, 3.05) is 13.2 Å². The first kappa shape index (κ1) is 11.7. The van der Waals surface area contributed by atoms with E-state index in [4.69, 9.17) is 5.11 Å². The van der Waals surface area contributed by atoms with Gasteiger partial charge in [0.1, 0.15) is 0 Å². The molecule has 5 heteroatoms. The lowest BCUT2D eigenvalue weighted by molar-refractivity contribution is 0.273. The van der Waals surface area contributed by atoms with Gasteiger partial charge in [-0.25, -0.2) is 19.6 Å². The molecule has 0 rings (SSSR count). The number of aliphatic hydroxyl groups excluding tert-OH is 1. The number of carbonyl (C=O) groups excluding carboxylic acids is 2. The lowest BCUT2D eigenvalue weighted by Crippen LogP contribution is -2.07. The minimum atomic E-state index is -0.204. The van der Waals surface area contributed by atoms with Crippen molar-refractivity contribution >= 4 is 12.2 Å². The molecule has 0 fully saturated rings. The molecule has 13 heavy (non-hydrogen) atoms. The van der Waals surface area contributed by atoms with E-state index >= 15 is 0 Å². The molecule has 0 aliphatic rings. The molecule has 0 heterocycles. The number of isocyanates is 2. The zero-order valence-electron chi connectivity index (χ0n) is 7.27. The van der Waals surface area contributed by atoms with Gasteiger partial charge in [-0.1, -0.05) is 0 Å². The minimum Gasteiger partial charge on any atom is -0.396 e. The Morgan fingerprint density at radius 3 is 2.54 bits per heavy atom. The topological polar surface area (TPSA) is 79.1 Å². The summed E-state index contributed by atoms with van der Waals surface area (Å²) >= 11 is 0. The molecule has 0 saturated carbocycles. The highest BCUT2D eigenvalue weighted by molar-refractivity contribution is 5.33. The summed E-state index contributed by atoms with van der Waals surface area (Å²) < 4.78 is 0. The molecule has 0 saturated heterocycles. The van der Waals surface area contributed by atoms with E-state index in [1.54, 1.807) is 0 Å². The maximum Gasteiger partial charge on any atom is 0.235 e. The molecule has 0 spiro atoms. The molecule has 0 radical (unpaired) electrons. The Balaban J connectivity index is 3.67. The fourth-order valence-corrected chi connectivity index (χ4v) is 0.949. The van der Waals surface area contributed by atoms with Crippen molar-refractivity contribution in [1.82, 2.24) is 0 Å². The van der Waals surface area contributed by atoms with Gasteiger partial charge in [0.2, 0.25) is 12.2 Å². The van der Waals surface area contributed by atoms with Gasteiger partial charge >= 0.3 is 0 Å². The number of aliphatic hydroxyl groups is 1. The number of hydrogen-bond acceptors (Lipinski definition) is 5. The van der Waals surface area contributed by atoms with Gasteiger partial charge in [-0.15, -0.1) is 0 Å². The Labute approximate surface area is 76.2 Å². The molecule has 0 aromatic carbocycles. The summed E-state index contributed by atoms with van der Waals surface area (Å²) in [5, 5.41) is 8.59. The molecular weight excluding hydrogens is 172 g/mol. The lowest BCUT2D eigenvalue weighted by Gasteiger charge is -2.06. The van der Waals surface area contributed by atoms with Crippen molar-refractivity contribution < 1.29 is 14.7 Å². The summed E-state index contributed by atoms with van der Waals surface area (Å²) in [5.41, 5.74) is 0. The average Bonchev–Trinajstić information content (AvgIpc) is 2.13. The molecule has 1 N–H and O–H groups in total. The largest absolute Gasteiger partial charge is 0.396 e. The van der Waals surface area contributed by atoms with Crippen LogP contribution in [-0.4, -0.2) is 36.5 Å². The molecule has 0 bridgehead atoms. The molecule has 0 amide bonds. The SMILES string of the molecule is O=C=NCCCC(CCO)N=C=O. The highest BCUT2D eigenvalue weighted by Crippen LogP contribution is 2.05. The third-order valence-electron chi connectivity index (χ3n) is 1.57. The summed E-state index contributed by atoms with van der Waals surface area (Å²) in [6.07, 6.45) is 4.60. The molecule has 72 valence electrons. The van der Waals surface area contributed by atoms with Crippen LogP contribution in [0.5, 0.6) is 0 Å². The van der Waals surface area contributed by atoms with Crippen LogP contribution in [0.3, 0.4) is 0 Å². The van der Waals surface area contributed by atoms with Crippen LogP contribution in [0.25, 0.3) is 0 Å². The highest BCUT2D eigenvalue weighted by atomic mass is 16.3. The van der Waals surface area contributed by atoms with E-state index in [1.807, 2.05) is 0 Å². The third kappa shape index (κ3) is 7.09. The van der Waals surface area contributed by atoms with Gasteiger partial charge in [-0.05, 0) is 19.3 Å². The van der Waals surface area contributed by atoms with Crippen molar-refractivity contribution in [3.8, 4) is 0 Å². The quantitative estimate of drug-likeness (QED) is 0.348. The molecule has 0 aromatic rings. The zero-order chi connectivity index (χ0) is 9.94. The number of rotatable bonds is 7. The van der Waals surface area contributed by atoms with E-state index < -0.39 is 0 Å². The van der Waals surface area contributed by atoms with Crippen LogP contribution >= 0.6 is 0 Å². The number of nitrogens with zero attached hydrogens (tertiary/aromatic N) is 2. The van der Waals surface area contributed by atoms with Gasteiger partial charge in [0, 0.05) is 6.61 Å². The van der Waals surface area contributed by atoms with Crippen LogP contribution < -0.4 is 0 Å². The van der Waals surface area contributed by atoms with Crippen LogP contribution in [0.4, 0.5) is 0 Å². The predicted molar refractivity (Wildman–Crippen MR) is 45.8 cm³/mol. The van der Waals surface area contributed by atoms with Crippen LogP contribution in [-0.2, 0) is 9.59 Å². The highest BCUT2D eigenvalue weighted by Gasteiger charge is 2.04. The van der Waals surface area contributed by atoms with E-state index in [9.17, 15) is 9.59 Å². The summed E-state index contributed by atoms with van der Waals surface area (Å²) in [5.74, 6) is 0. The van der Waals surface area contributed by atoms with Crippen molar-refractivity contribution in [1.29, 1.82) is 0 Å². The maximum absolute atomic E-state index is 9.92. The monoisotopic (exact) mass is 184 g/mol. The Hall–Kier alpha value is -1.28. The first-order chi connectivity index (χ1) is 6.35. The van der Waals surface area contributed by atoms with Crippen LogP contribution in [0, 0.1) is 0 Å². The minimum absolute atomic E-state index is 0.00715. The number of hydrogen-bond donors (Lipinski definition) is 1. The van der Waals surface area contributed by atoms with Gasteiger partial charge in [0.15, 0.2) is 0 Å². The Bertz CT molecular complexity index is 217. The lowest BCUT2D eigenvalue weighted by atomic mass is 10.1. The normalized spacial score (nSPS) is 11.2. The van der Waals surface area contributed by atoms with Crippen LogP contribution in [0.15, 0.2) is 9.98 Å². The van der Waals surface area contributed by atoms with Gasteiger partial charge in [0.25, 0.3) is 0 Å². The molecule has 5 nitrogen and oxygen atoms in total. The molecule has 1 unspecified atom stereocenters. The van der Waals surface area contributed by atoms with Crippen molar-refractivity contribution in [2.24, 2.45) is 9.98 Å². The summed E-state index contributed by atoms with van der Waals surface area (Å²) in [4.78, 5) is 26.5. The summed E-state index contributed by atoms with van der Waals surface area (Å²) in [7, 11) is 0. The smallest absolute Gasteiger partial charge is 0.235 e. The summed E-state index contributed by atoms with van der Waals surface area (Å²) in [6.45, 7) is 0.382. The third-order valence-corrected chi connectivity index (χ3v) is 1.57. The molecule has 0 aromatic heterocycles. The first-order valence-corrected chi connectivity index (χ1v) is 4.06. The van der Waals surface area contributed by atoms with Crippen molar-refractivity contribution in [2.45, 2.75) is 25.3 Å². The summed E-state index contributed by atoms with van der Waals surface area (Å²) in [6, 6.07) is -0.204. The van der Waals surface area contributed by atoms with Crippen LogP contribution in [0.2, 0.25) is 0 Å². The molecule has 0 aliphatic heterocycles. The van der Waals surface area contributed by atoms with Gasteiger partial charge < -0.3 is 5.11 Å². The van der Waals surface area contributed by atoms with E-state index in [-0.39, 0.29) is 12.6 Å². The number of aliphatic imine (C=N–C) groups is 2. The predicted octanol–water partition coefficient (Wildman–Crippen LogP) is 0.189. The maximum atomic E-state index is 9.92. The van der Waals surface area contributed by atoms with Gasteiger partial charge in [0.05, 0.1) is 12.6 Å². The standard InChI is InChI=1S/C8H12N2O3/c11-5-3-8(10-7-13)2-1-4-9-6-12/h8,11H,1-5H2. The average molecular weight is 184 g/mol. The second-order valence-electron chi connectivity index (χ2n) is 2.50. The van der Waals surface area contributed by atoms with E-state index in [2.05, 4.69) is 9.98 Å². The molecule has 0 aliphatic carbocycles. The second kappa shape index (κ2) is 8.81. The zero-order valence-corrected chi connectivity index (χ0v) is 7.27. The fraction of sp³-hybridized carbons (Fsp3) is 0.750. The second-order valence-corrected chi connectivity index (χ2v) is 2.50. The van der Waals surface area contributed by atoms with Gasteiger partial charge in [-0.2, -0.15) is 0 Å². The van der Waals surface area contributed by atoms with Gasteiger partial charge in [-0.3, -0.25) is 0 Å². The Morgan fingerprint density at radius 1 is 1.23 bits per heavy atom. The molecular formula is C8H12N2O3. The van der Waals surface area contributed by atoms with E-state index in [0.717, 1.165) is 0 Å². The first-order valence-electron chi connectivity index (χ1n) is 4.06. The van der Waals surface area contributed by atoms with Crippen LogP contribution in [0.1, 0.15) is 19.3 Å². The molecule has 1 atom stereocenters. The van der Waals surface area contributed by atoms with E-state index in [0.29, 0.717) is 25.8 Å². The Kier molecular flexibility index (Phi) is 7.95. The fourth-order valence-electron chi connectivity index (χ4n) is 0.949. The van der Waals surface area contributed by atoms with E-state index in [1.165, 1.54) is 12.2 Å². The van der Waals surface area contributed by atoms with Crippen molar-refractivity contribution in [3.63, 3.8) is 0 Å².